The summed E-state index contributed by atoms with van der Waals surface area (Å²) in [5, 5.41) is 17.8. The van der Waals surface area contributed by atoms with Crippen LogP contribution in [0.5, 0.6) is 0 Å². The number of hydrogen-bond acceptors (Lipinski definition) is 3. The highest BCUT2D eigenvalue weighted by Gasteiger charge is 2.39. The van der Waals surface area contributed by atoms with E-state index in [1.165, 1.54) is 4.90 Å². The lowest BCUT2D eigenvalue weighted by Gasteiger charge is -2.26. The van der Waals surface area contributed by atoms with Gasteiger partial charge in [-0.2, -0.15) is 5.26 Å². The van der Waals surface area contributed by atoms with Crippen molar-refractivity contribution in [3.63, 3.8) is 0 Å². The lowest BCUT2D eigenvalue weighted by molar-refractivity contribution is -0.139. The number of rotatable bonds is 2. The maximum atomic E-state index is 13.9. The van der Waals surface area contributed by atoms with Gasteiger partial charge < -0.3 is 10.0 Å². The molecule has 0 amide bonds. The Morgan fingerprint density at radius 3 is 2.53 bits per heavy atom. The molecule has 1 aromatic rings. The quantitative estimate of drug-likeness (QED) is 0.890. The molecule has 0 bridgehead atoms. The van der Waals surface area contributed by atoms with E-state index >= 15 is 0 Å². The van der Waals surface area contributed by atoms with Crippen LogP contribution in [0.15, 0.2) is 12.1 Å². The molecule has 2 rings (SSSR count). The molecule has 4 nitrogen and oxygen atoms in total. The van der Waals surface area contributed by atoms with E-state index < -0.39 is 23.6 Å². The Morgan fingerprint density at radius 2 is 2.05 bits per heavy atom. The first-order valence-electron chi connectivity index (χ1n) is 5.84. The van der Waals surface area contributed by atoms with Gasteiger partial charge in [-0.15, -0.1) is 0 Å². The molecule has 0 saturated carbocycles. The van der Waals surface area contributed by atoms with Crippen molar-refractivity contribution >= 4 is 11.7 Å². The number of hydrogen-bond donors (Lipinski definition) is 1. The van der Waals surface area contributed by atoms with Crippen LogP contribution in [-0.4, -0.2) is 23.7 Å². The number of carbonyl (C=O) groups is 1. The maximum absolute atomic E-state index is 13.9. The van der Waals surface area contributed by atoms with Gasteiger partial charge in [-0.25, -0.2) is 13.6 Å². The number of carboxylic acids is 1. The highest BCUT2D eigenvalue weighted by atomic mass is 19.1. The minimum atomic E-state index is -1.10. The standard InChI is InChI=1S/C13H12F2N2O2/c1-7-2-3-17(11(7)13(18)19)12-9(14)4-8(6-16)5-10(12)15/h4-5,7,11H,2-3H2,1H3,(H,18,19). The first-order valence-corrected chi connectivity index (χ1v) is 5.84. The second kappa shape index (κ2) is 4.84. The van der Waals surface area contributed by atoms with Gasteiger partial charge in [-0.3, -0.25) is 0 Å². The van der Waals surface area contributed by atoms with Crippen molar-refractivity contribution in [3.05, 3.63) is 29.3 Å². The summed E-state index contributed by atoms with van der Waals surface area (Å²) in [6.45, 7) is 2.01. The summed E-state index contributed by atoms with van der Waals surface area (Å²) in [6.07, 6.45) is 0.551. The molecule has 2 atom stereocenters. The number of halogens is 2. The molecule has 6 heteroatoms. The van der Waals surface area contributed by atoms with E-state index in [2.05, 4.69) is 0 Å². The Bertz CT molecular complexity index is 545. The molecular formula is C13H12F2N2O2. The van der Waals surface area contributed by atoms with Crippen LogP contribution in [0.1, 0.15) is 18.9 Å². The van der Waals surface area contributed by atoms with Gasteiger partial charge in [0.2, 0.25) is 0 Å². The topological polar surface area (TPSA) is 64.3 Å². The summed E-state index contributed by atoms with van der Waals surface area (Å²) in [7, 11) is 0. The van der Waals surface area contributed by atoms with E-state index in [4.69, 9.17) is 10.4 Å². The number of anilines is 1. The van der Waals surface area contributed by atoms with Gasteiger partial charge in [0.05, 0.1) is 11.6 Å². The van der Waals surface area contributed by atoms with E-state index in [1.54, 1.807) is 13.0 Å². The number of nitrogens with zero attached hydrogens (tertiary/aromatic N) is 2. The summed E-state index contributed by atoms with van der Waals surface area (Å²) >= 11 is 0. The van der Waals surface area contributed by atoms with Crippen molar-refractivity contribution in [2.24, 2.45) is 5.92 Å². The molecule has 1 saturated heterocycles. The first kappa shape index (κ1) is 13.3. The monoisotopic (exact) mass is 266 g/mol. The van der Waals surface area contributed by atoms with Crippen molar-refractivity contribution in [2.75, 3.05) is 11.4 Å². The molecule has 1 aliphatic rings. The molecule has 2 unspecified atom stereocenters. The third kappa shape index (κ3) is 2.24. The molecular weight excluding hydrogens is 254 g/mol. The van der Waals surface area contributed by atoms with Crippen molar-refractivity contribution in [3.8, 4) is 6.07 Å². The molecule has 1 aromatic carbocycles. The van der Waals surface area contributed by atoms with Crippen molar-refractivity contribution in [1.82, 2.24) is 0 Å². The van der Waals surface area contributed by atoms with Crippen LogP contribution in [0.3, 0.4) is 0 Å². The number of carboxylic acid groups (broad SMARTS) is 1. The smallest absolute Gasteiger partial charge is 0.326 e. The summed E-state index contributed by atoms with van der Waals surface area (Å²) < 4.78 is 27.8. The molecule has 1 aliphatic heterocycles. The van der Waals surface area contributed by atoms with Crippen LogP contribution >= 0.6 is 0 Å². The summed E-state index contributed by atoms with van der Waals surface area (Å²) in [5.41, 5.74) is -0.492. The van der Waals surface area contributed by atoms with E-state index in [-0.39, 0.29) is 23.7 Å². The SMILES string of the molecule is CC1CCN(c2c(F)cc(C#N)cc2F)C1C(=O)O. The van der Waals surface area contributed by atoms with Gasteiger partial charge in [0, 0.05) is 6.54 Å². The summed E-state index contributed by atoms with van der Waals surface area (Å²) in [4.78, 5) is 12.4. The number of benzene rings is 1. The molecule has 0 aromatic heterocycles. The minimum absolute atomic E-state index is 0.127. The lowest BCUT2D eigenvalue weighted by atomic mass is 10.0. The fourth-order valence-corrected chi connectivity index (χ4v) is 2.48. The van der Waals surface area contributed by atoms with Crippen LogP contribution in [-0.2, 0) is 4.79 Å². The highest BCUT2D eigenvalue weighted by Crippen LogP contribution is 2.34. The fourth-order valence-electron chi connectivity index (χ4n) is 2.48. The second-order valence-electron chi connectivity index (χ2n) is 4.64. The van der Waals surface area contributed by atoms with Crippen molar-refractivity contribution in [1.29, 1.82) is 5.26 Å². The Morgan fingerprint density at radius 1 is 1.47 bits per heavy atom. The molecule has 100 valence electrons. The molecule has 1 fully saturated rings. The zero-order valence-corrected chi connectivity index (χ0v) is 10.2. The Kier molecular flexibility index (Phi) is 3.38. The predicted molar refractivity (Wildman–Crippen MR) is 63.6 cm³/mol. The van der Waals surface area contributed by atoms with E-state index in [1.807, 2.05) is 0 Å². The van der Waals surface area contributed by atoms with Crippen LogP contribution < -0.4 is 4.90 Å². The van der Waals surface area contributed by atoms with E-state index in [9.17, 15) is 13.6 Å². The second-order valence-corrected chi connectivity index (χ2v) is 4.64. The van der Waals surface area contributed by atoms with Crippen LogP contribution in [0.4, 0.5) is 14.5 Å². The molecule has 19 heavy (non-hydrogen) atoms. The zero-order chi connectivity index (χ0) is 14.2. The van der Waals surface area contributed by atoms with Crippen molar-refractivity contribution < 1.29 is 18.7 Å². The van der Waals surface area contributed by atoms with Gasteiger partial charge in [0.15, 0.2) is 11.6 Å². The maximum Gasteiger partial charge on any atom is 0.326 e. The van der Waals surface area contributed by atoms with Gasteiger partial charge in [-0.05, 0) is 24.5 Å². The highest BCUT2D eigenvalue weighted by molar-refractivity contribution is 5.79. The Balaban J connectivity index is 2.48. The van der Waals surface area contributed by atoms with Crippen molar-refractivity contribution in [2.45, 2.75) is 19.4 Å². The normalized spacial score (nSPS) is 22.3. The molecule has 1 heterocycles. The average molecular weight is 266 g/mol. The lowest BCUT2D eigenvalue weighted by Crippen LogP contribution is -2.40. The van der Waals surface area contributed by atoms with Crippen LogP contribution in [0.2, 0.25) is 0 Å². The van der Waals surface area contributed by atoms with E-state index in [0.717, 1.165) is 12.1 Å². The largest absolute Gasteiger partial charge is 0.480 e. The first-order chi connectivity index (χ1) is 8.95. The minimum Gasteiger partial charge on any atom is -0.480 e. The van der Waals surface area contributed by atoms with E-state index in [0.29, 0.717) is 6.42 Å². The molecule has 0 aliphatic carbocycles. The average Bonchev–Trinajstić information content (AvgIpc) is 2.70. The van der Waals surface area contributed by atoms with Gasteiger partial charge in [0.1, 0.15) is 11.7 Å². The predicted octanol–water partition coefficient (Wildman–Crippen LogP) is 2.14. The number of aliphatic carboxylic acids is 1. The Labute approximate surface area is 108 Å². The molecule has 0 spiro atoms. The van der Waals surface area contributed by atoms with Gasteiger partial charge in [0.25, 0.3) is 0 Å². The number of nitriles is 1. The summed E-state index contributed by atoms with van der Waals surface area (Å²) in [6, 6.07) is 2.54. The zero-order valence-electron chi connectivity index (χ0n) is 10.2. The third-order valence-corrected chi connectivity index (χ3v) is 3.39. The fraction of sp³-hybridized carbons (Fsp3) is 0.385. The Hall–Kier alpha value is -2.16. The van der Waals surface area contributed by atoms with Gasteiger partial charge in [-0.1, -0.05) is 6.92 Å². The third-order valence-electron chi connectivity index (χ3n) is 3.39. The molecule has 1 N–H and O–H groups in total. The summed E-state index contributed by atoms with van der Waals surface area (Å²) in [5.74, 6) is -3.10. The van der Waals surface area contributed by atoms with Gasteiger partial charge >= 0.3 is 5.97 Å². The van der Waals surface area contributed by atoms with Crippen LogP contribution in [0.25, 0.3) is 0 Å². The van der Waals surface area contributed by atoms with Crippen LogP contribution in [0, 0.1) is 28.9 Å². The molecule has 0 radical (unpaired) electrons.